The van der Waals surface area contributed by atoms with E-state index in [9.17, 15) is 5.11 Å². The van der Waals surface area contributed by atoms with E-state index in [1.807, 2.05) is 20.8 Å². The second-order valence-electron chi connectivity index (χ2n) is 4.28. The molecule has 0 saturated heterocycles. The quantitative estimate of drug-likeness (QED) is 0.804. The molecule has 2 nitrogen and oxygen atoms in total. The molecule has 1 rings (SSSR count). The lowest BCUT2D eigenvalue weighted by molar-refractivity contribution is 0.0438. The Kier molecular flexibility index (Phi) is 3.70. The van der Waals surface area contributed by atoms with Gasteiger partial charge in [-0.15, -0.1) is 11.3 Å². The van der Waals surface area contributed by atoms with Gasteiger partial charge < -0.3 is 10.4 Å². The van der Waals surface area contributed by atoms with E-state index >= 15 is 0 Å². The Morgan fingerprint density at radius 2 is 2.21 bits per heavy atom. The molecular formula is C11H19NOS. The number of aliphatic hydroxyl groups is 1. The summed E-state index contributed by atoms with van der Waals surface area (Å²) in [6.07, 6.45) is 0. The predicted octanol–water partition coefficient (Wildman–Crippen LogP) is 2.31. The van der Waals surface area contributed by atoms with E-state index in [1.54, 1.807) is 11.3 Å². The van der Waals surface area contributed by atoms with Crippen LogP contribution in [0.25, 0.3) is 0 Å². The molecule has 80 valence electrons. The summed E-state index contributed by atoms with van der Waals surface area (Å²) in [5, 5.41) is 15.1. The van der Waals surface area contributed by atoms with E-state index < -0.39 is 5.60 Å². The largest absolute Gasteiger partial charge is 0.389 e. The highest BCUT2D eigenvalue weighted by molar-refractivity contribution is 7.10. The molecule has 0 spiro atoms. The topological polar surface area (TPSA) is 32.3 Å². The standard InChI is InChI=1S/C11H19NOS/c1-8-5-6-14-10(8)7-12-9(2)11(3,4)13/h5-6,9,12-13H,7H2,1-4H3. The summed E-state index contributed by atoms with van der Waals surface area (Å²) in [5.74, 6) is 0. The highest BCUT2D eigenvalue weighted by atomic mass is 32.1. The second-order valence-corrected chi connectivity index (χ2v) is 5.28. The Morgan fingerprint density at radius 1 is 1.57 bits per heavy atom. The first-order chi connectivity index (χ1) is 6.41. The summed E-state index contributed by atoms with van der Waals surface area (Å²) in [4.78, 5) is 1.35. The number of rotatable bonds is 4. The Labute approximate surface area is 90.0 Å². The number of nitrogens with one attached hydrogen (secondary N) is 1. The molecule has 2 N–H and O–H groups in total. The molecule has 3 heteroatoms. The molecule has 1 aromatic rings. The van der Waals surface area contributed by atoms with Crippen molar-refractivity contribution >= 4 is 11.3 Å². The number of aryl methyl sites for hydroxylation is 1. The minimum Gasteiger partial charge on any atom is -0.389 e. The van der Waals surface area contributed by atoms with E-state index in [-0.39, 0.29) is 6.04 Å². The van der Waals surface area contributed by atoms with Gasteiger partial charge in [-0.2, -0.15) is 0 Å². The molecule has 0 aliphatic heterocycles. The van der Waals surface area contributed by atoms with Crippen LogP contribution in [-0.4, -0.2) is 16.7 Å². The van der Waals surface area contributed by atoms with Crippen molar-refractivity contribution in [3.63, 3.8) is 0 Å². The van der Waals surface area contributed by atoms with Crippen LogP contribution in [0.2, 0.25) is 0 Å². The van der Waals surface area contributed by atoms with E-state index in [1.165, 1.54) is 10.4 Å². The maximum absolute atomic E-state index is 9.72. The molecule has 0 aliphatic carbocycles. The van der Waals surface area contributed by atoms with E-state index in [2.05, 4.69) is 23.7 Å². The Hall–Kier alpha value is -0.380. The summed E-state index contributed by atoms with van der Waals surface area (Å²) in [6, 6.07) is 2.22. The van der Waals surface area contributed by atoms with Crippen molar-refractivity contribution in [1.29, 1.82) is 0 Å². The number of thiophene rings is 1. The summed E-state index contributed by atoms with van der Waals surface area (Å²) < 4.78 is 0. The lowest BCUT2D eigenvalue weighted by Gasteiger charge is -2.26. The molecule has 0 amide bonds. The van der Waals surface area contributed by atoms with Gasteiger partial charge in [-0.25, -0.2) is 0 Å². The molecule has 0 aliphatic rings. The summed E-state index contributed by atoms with van der Waals surface area (Å²) in [6.45, 7) is 8.61. The summed E-state index contributed by atoms with van der Waals surface area (Å²) in [7, 11) is 0. The summed E-state index contributed by atoms with van der Waals surface area (Å²) >= 11 is 1.76. The zero-order chi connectivity index (χ0) is 10.8. The Morgan fingerprint density at radius 3 is 2.64 bits per heavy atom. The van der Waals surface area contributed by atoms with Gasteiger partial charge in [0.1, 0.15) is 0 Å². The molecule has 1 aromatic heterocycles. The van der Waals surface area contributed by atoms with E-state index in [0.717, 1.165) is 6.54 Å². The van der Waals surface area contributed by atoms with Crippen LogP contribution in [0.4, 0.5) is 0 Å². The van der Waals surface area contributed by atoms with Gasteiger partial charge in [0, 0.05) is 17.5 Å². The number of hydrogen-bond acceptors (Lipinski definition) is 3. The van der Waals surface area contributed by atoms with Gasteiger partial charge in [0.15, 0.2) is 0 Å². The van der Waals surface area contributed by atoms with Crippen molar-refractivity contribution in [2.24, 2.45) is 0 Å². The molecule has 0 radical (unpaired) electrons. The highest BCUT2D eigenvalue weighted by Gasteiger charge is 2.21. The van der Waals surface area contributed by atoms with Gasteiger partial charge in [0.05, 0.1) is 5.60 Å². The van der Waals surface area contributed by atoms with Crippen LogP contribution in [0.5, 0.6) is 0 Å². The van der Waals surface area contributed by atoms with E-state index in [4.69, 9.17) is 0 Å². The van der Waals surface area contributed by atoms with Crippen LogP contribution in [0, 0.1) is 6.92 Å². The third kappa shape index (κ3) is 3.08. The van der Waals surface area contributed by atoms with Gasteiger partial charge in [0.25, 0.3) is 0 Å². The second kappa shape index (κ2) is 4.43. The predicted molar refractivity (Wildman–Crippen MR) is 61.7 cm³/mol. The van der Waals surface area contributed by atoms with Crippen LogP contribution in [0.1, 0.15) is 31.2 Å². The minimum atomic E-state index is -0.662. The monoisotopic (exact) mass is 213 g/mol. The maximum Gasteiger partial charge on any atom is 0.0741 e. The fourth-order valence-corrected chi connectivity index (χ4v) is 1.94. The first kappa shape index (κ1) is 11.7. The zero-order valence-corrected chi connectivity index (χ0v) is 10.1. The molecule has 1 heterocycles. The fraction of sp³-hybridized carbons (Fsp3) is 0.636. The van der Waals surface area contributed by atoms with Crippen LogP contribution < -0.4 is 5.32 Å². The van der Waals surface area contributed by atoms with Crippen molar-refractivity contribution in [3.8, 4) is 0 Å². The zero-order valence-electron chi connectivity index (χ0n) is 9.29. The Balaban J connectivity index is 2.46. The van der Waals surface area contributed by atoms with Crippen LogP contribution in [0.15, 0.2) is 11.4 Å². The first-order valence-corrected chi connectivity index (χ1v) is 5.78. The third-order valence-corrected chi connectivity index (χ3v) is 3.62. The van der Waals surface area contributed by atoms with E-state index in [0.29, 0.717) is 0 Å². The smallest absolute Gasteiger partial charge is 0.0741 e. The maximum atomic E-state index is 9.72. The minimum absolute atomic E-state index is 0.101. The van der Waals surface area contributed by atoms with Gasteiger partial charge in [-0.1, -0.05) is 0 Å². The number of hydrogen-bond donors (Lipinski definition) is 2. The molecule has 14 heavy (non-hydrogen) atoms. The third-order valence-electron chi connectivity index (χ3n) is 2.60. The average molecular weight is 213 g/mol. The normalized spacial score (nSPS) is 14.4. The SMILES string of the molecule is Cc1ccsc1CNC(C)C(C)(C)O. The van der Waals surface area contributed by atoms with Gasteiger partial charge >= 0.3 is 0 Å². The van der Waals surface area contributed by atoms with Crippen molar-refractivity contribution < 1.29 is 5.11 Å². The molecular weight excluding hydrogens is 194 g/mol. The van der Waals surface area contributed by atoms with Crippen molar-refractivity contribution in [1.82, 2.24) is 5.32 Å². The molecule has 1 atom stereocenters. The molecule has 0 bridgehead atoms. The summed E-state index contributed by atoms with van der Waals surface area (Å²) in [5.41, 5.74) is 0.663. The van der Waals surface area contributed by atoms with Gasteiger partial charge in [-0.3, -0.25) is 0 Å². The molecule has 0 fully saturated rings. The van der Waals surface area contributed by atoms with Crippen molar-refractivity contribution in [2.45, 2.75) is 45.9 Å². The first-order valence-electron chi connectivity index (χ1n) is 4.90. The average Bonchev–Trinajstić information content (AvgIpc) is 2.45. The van der Waals surface area contributed by atoms with Gasteiger partial charge in [-0.05, 0) is 44.7 Å². The van der Waals surface area contributed by atoms with Crippen LogP contribution in [-0.2, 0) is 6.54 Å². The molecule has 0 aromatic carbocycles. The Bertz CT molecular complexity index is 288. The van der Waals surface area contributed by atoms with Gasteiger partial charge in [0.2, 0.25) is 0 Å². The fourth-order valence-electron chi connectivity index (χ4n) is 1.08. The molecule has 1 unspecified atom stereocenters. The molecule has 0 saturated carbocycles. The van der Waals surface area contributed by atoms with Crippen LogP contribution in [0.3, 0.4) is 0 Å². The van der Waals surface area contributed by atoms with Crippen molar-refractivity contribution in [3.05, 3.63) is 21.9 Å². The highest BCUT2D eigenvalue weighted by Crippen LogP contribution is 2.16. The van der Waals surface area contributed by atoms with Crippen molar-refractivity contribution in [2.75, 3.05) is 0 Å². The lowest BCUT2D eigenvalue weighted by Crippen LogP contribution is -2.44. The lowest BCUT2D eigenvalue weighted by atomic mass is 10.0. The van der Waals surface area contributed by atoms with Crippen LogP contribution >= 0.6 is 11.3 Å².